The van der Waals surface area contributed by atoms with Crippen LogP contribution in [-0.4, -0.2) is 16.7 Å². The van der Waals surface area contributed by atoms with E-state index in [1.165, 1.54) is 30.5 Å². The maximum Gasteiger partial charge on any atom is 0.0525 e. The van der Waals surface area contributed by atoms with Gasteiger partial charge in [0.1, 0.15) is 0 Å². The highest BCUT2D eigenvalue weighted by atomic mass is 15.1. The van der Waals surface area contributed by atoms with Crippen molar-refractivity contribution in [1.82, 2.24) is 10.2 Å². The molecule has 64 valence electrons. The topological polar surface area (TPSA) is 54.7 Å². The number of fused-ring (bicyclic) bond motifs is 1. The molecule has 1 spiro atoms. The fourth-order valence-corrected chi connectivity index (χ4v) is 2.63. The van der Waals surface area contributed by atoms with Gasteiger partial charge in [-0.15, -0.1) is 0 Å². The molecule has 2 aliphatic carbocycles. The van der Waals surface area contributed by atoms with E-state index in [0.717, 1.165) is 6.54 Å². The van der Waals surface area contributed by atoms with Crippen LogP contribution < -0.4 is 5.73 Å². The van der Waals surface area contributed by atoms with Crippen molar-refractivity contribution >= 4 is 0 Å². The Balaban J connectivity index is 2.07. The lowest BCUT2D eigenvalue weighted by molar-refractivity contribution is 0.437. The highest BCUT2D eigenvalue weighted by Crippen LogP contribution is 2.62. The van der Waals surface area contributed by atoms with E-state index >= 15 is 0 Å². The van der Waals surface area contributed by atoms with Gasteiger partial charge in [0, 0.05) is 11.6 Å². The Morgan fingerprint density at radius 2 is 2.50 bits per heavy atom. The molecule has 0 aromatic carbocycles. The molecular weight excluding hydrogens is 150 g/mol. The van der Waals surface area contributed by atoms with Crippen molar-refractivity contribution < 1.29 is 0 Å². The molecule has 0 radical (unpaired) electrons. The molecule has 1 fully saturated rings. The number of hydrogen-bond acceptors (Lipinski definition) is 2. The normalized spacial score (nSPS) is 29.2. The number of nitrogens with two attached hydrogens (primary N) is 1. The van der Waals surface area contributed by atoms with E-state index in [-0.39, 0.29) is 0 Å². The first-order chi connectivity index (χ1) is 5.86. The SMILES string of the molecule is NCC1c2cn[nH]c2CC12CC2. The third-order valence-corrected chi connectivity index (χ3v) is 3.52. The molecular formula is C9H13N3. The summed E-state index contributed by atoms with van der Waals surface area (Å²) < 4.78 is 0. The quantitative estimate of drug-likeness (QED) is 0.643. The summed E-state index contributed by atoms with van der Waals surface area (Å²) in [7, 11) is 0. The van der Waals surface area contributed by atoms with Crippen LogP contribution in [0.4, 0.5) is 0 Å². The van der Waals surface area contributed by atoms with Gasteiger partial charge in [0.25, 0.3) is 0 Å². The van der Waals surface area contributed by atoms with Gasteiger partial charge in [0.05, 0.1) is 6.20 Å². The zero-order valence-electron chi connectivity index (χ0n) is 7.01. The van der Waals surface area contributed by atoms with E-state index in [9.17, 15) is 0 Å². The Morgan fingerprint density at radius 3 is 3.17 bits per heavy atom. The average molecular weight is 163 g/mol. The van der Waals surface area contributed by atoms with Gasteiger partial charge in [-0.3, -0.25) is 5.10 Å². The Morgan fingerprint density at radius 1 is 1.67 bits per heavy atom. The lowest BCUT2D eigenvalue weighted by atomic mass is 9.90. The Kier molecular flexibility index (Phi) is 1.06. The van der Waals surface area contributed by atoms with Crippen molar-refractivity contribution in [3.05, 3.63) is 17.5 Å². The van der Waals surface area contributed by atoms with Gasteiger partial charge >= 0.3 is 0 Å². The molecule has 1 saturated carbocycles. The van der Waals surface area contributed by atoms with Crippen molar-refractivity contribution in [2.45, 2.75) is 25.2 Å². The predicted molar refractivity (Wildman–Crippen MR) is 45.8 cm³/mol. The fourth-order valence-electron chi connectivity index (χ4n) is 2.63. The van der Waals surface area contributed by atoms with Crippen molar-refractivity contribution in [2.24, 2.45) is 11.1 Å². The predicted octanol–water partition coefficient (Wildman–Crippen LogP) is 0.788. The van der Waals surface area contributed by atoms with Crippen LogP contribution >= 0.6 is 0 Å². The minimum absolute atomic E-state index is 0.554. The van der Waals surface area contributed by atoms with E-state index in [1.54, 1.807) is 0 Å². The molecule has 0 saturated heterocycles. The summed E-state index contributed by atoms with van der Waals surface area (Å²) in [5.74, 6) is 0.589. The molecule has 3 N–H and O–H groups in total. The van der Waals surface area contributed by atoms with Crippen LogP contribution in [0, 0.1) is 5.41 Å². The number of aromatic amines is 1. The summed E-state index contributed by atoms with van der Waals surface area (Å²) in [6, 6.07) is 0. The maximum atomic E-state index is 5.78. The average Bonchev–Trinajstić information content (AvgIpc) is 2.53. The number of nitrogens with zero attached hydrogens (tertiary/aromatic N) is 1. The van der Waals surface area contributed by atoms with Gasteiger partial charge in [0.2, 0.25) is 0 Å². The molecule has 1 unspecified atom stereocenters. The molecule has 0 amide bonds. The largest absolute Gasteiger partial charge is 0.330 e. The first-order valence-electron chi connectivity index (χ1n) is 4.58. The summed E-state index contributed by atoms with van der Waals surface area (Å²) in [4.78, 5) is 0. The highest BCUT2D eigenvalue weighted by Gasteiger charge is 2.54. The van der Waals surface area contributed by atoms with Crippen LogP contribution in [0.25, 0.3) is 0 Å². The summed E-state index contributed by atoms with van der Waals surface area (Å²) in [6.45, 7) is 0.784. The molecule has 3 nitrogen and oxygen atoms in total. The summed E-state index contributed by atoms with van der Waals surface area (Å²) in [5, 5.41) is 7.13. The first kappa shape index (κ1) is 6.66. The number of aromatic nitrogens is 2. The van der Waals surface area contributed by atoms with Gasteiger partial charge in [-0.05, 0) is 36.8 Å². The smallest absolute Gasteiger partial charge is 0.0525 e. The summed E-state index contributed by atoms with van der Waals surface area (Å²) in [6.07, 6.45) is 5.86. The lowest BCUT2D eigenvalue weighted by Crippen LogP contribution is -2.18. The van der Waals surface area contributed by atoms with E-state index in [2.05, 4.69) is 10.2 Å². The second-order valence-electron chi connectivity index (χ2n) is 4.13. The van der Waals surface area contributed by atoms with Gasteiger partial charge in [-0.25, -0.2) is 0 Å². The second kappa shape index (κ2) is 1.91. The number of nitrogens with one attached hydrogen (secondary N) is 1. The molecule has 1 heterocycles. The van der Waals surface area contributed by atoms with E-state index < -0.39 is 0 Å². The van der Waals surface area contributed by atoms with Crippen molar-refractivity contribution in [3.63, 3.8) is 0 Å². The van der Waals surface area contributed by atoms with Crippen LogP contribution in [0.3, 0.4) is 0 Å². The van der Waals surface area contributed by atoms with Crippen molar-refractivity contribution in [3.8, 4) is 0 Å². The van der Waals surface area contributed by atoms with Crippen LogP contribution in [-0.2, 0) is 6.42 Å². The number of rotatable bonds is 1. The molecule has 1 aromatic heterocycles. The first-order valence-corrected chi connectivity index (χ1v) is 4.58. The summed E-state index contributed by atoms with van der Waals surface area (Å²) >= 11 is 0. The highest BCUT2D eigenvalue weighted by molar-refractivity contribution is 5.35. The zero-order valence-corrected chi connectivity index (χ0v) is 7.01. The van der Waals surface area contributed by atoms with E-state index in [4.69, 9.17) is 5.73 Å². The van der Waals surface area contributed by atoms with E-state index in [1.807, 2.05) is 6.20 Å². The van der Waals surface area contributed by atoms with Crippen molar-refractivity contribution in [2.75, 3.05) is 6.54 Å². The molecule has 0 aliphatic heterocycles. The molecule has 2 aliphatic rings. The molecule has 0 bridgehead atoms. The van der Waals surface area contributed by atoms with Crippen molar-refractivity contribution in [1.29, 1.82) is 0 Å². The second-order valence-corrected chi connectivity index (χ2v) is 4.13. The van der Waals surface area contributed by atoms with Gasteiger partial charge < -0.3 is 5.73 Å². The molecule has 1 atom stereocenters. The van der Waals surface area contributed by atoms with Gasteiger partial charge in [-0.1, -0.05) is 0 Å². The standard InChI is InChI=1S/C9H13N3/c10-4-7-6-5-11-12-8(6)3-9(7)1-2-9/h5,7H,1-4,10H2,(H,11,12). The van der Waals surface area contributed by atoms with Crippen LogP contribution in [0.15, 0.2) is 6.20 Å². The number of hydrogen-bond donors (Lipinski definition) is 2. The molecule has 3 heteroatoms. The third-order valence-electron chi connectivity index (χ3n) is 3.52. The Labute approximate surface area is 71.3 Å². The van der Waals surface area contributed by atoms with Crippen LogP contribution in [0.2, 0.25) is 0 Å². The maximum absolute atomic E-state index is 5.78. The van der Waals surface area contributed by atoms with E-state index in [0.29, 0.717) is 11.3 Å². The minimum Gasteiger partial charge on any atom is -0.330 e. The molecule has 12 heavy (non-hydrogen) atoms. The van der Waals surface area contributed by atoms with Crippen LogP contribution in [0.1, 0.15) is 30.0 Å². The van der Waals surface area contributed by atoms with Crippen LogP contribution in [0.5, 0.6) is 0 Å². The molecule has 3 rings (SSSR count). The summed E-state index contributed by atoms with van der Waals surface area (Å²) in [5.41, 5.74) is 9.06. The number of H-pyrrole nitrogens is 1. The zero-order chi connectivity index (χ0) is 8.18. The fraction of sp³-hybridized carbons (Fsp3) is 0.667. The Bertz CT molecular complexity index is 311. The van der Waals surface area contributed by atoms with Gasteiger partial charge in [-0.2, -0.15) is 5.10 Å². The van der Waals surface area contributed by atoms with Gasteiger partial charge in [0.15, 0.2) is 0 Å². The third kappa shape index (κ3) is 0.630. The monoisotopic (exact) mass is 163 g/mol. The minimum atomic E-state index is 0.554. The Hall–Kier alpha value is -0.830. The lowest BCUT2D eigenvalue weighted by Gasteiger charge is -2.15. The molecule has 1 aromatic rings.